The van der Waals surface area contributed by atoms with Gasteiger partial charge in [0.05, 0.1) is 11.9 Å². The molecule has 0 radical (unpaired) electrons. The van der Waals surface area contributed by atoms with E-state index in [1.54, 1.807) is 6.21 Å². The number of hydrogen-bond donors (Lipinski definition) is 1. The van der Waals surface area contributed by atoms with Crippen molar-refractivity contribution in [3.05, 3.63) is 192 Å². The van der Waals surface area contributed by atoms with E-state index in [1.807, 2.05) is 109 Å². The van der Waals surface area contributed by atoms with E-state index in [1.165, 1.54) is 22.3 Å². The van der Waals surface area contributed by atoms with Crippen molar-refractivity contribution in [3.63, 3.8) is 0 Å². The predicted octanol–water partition coefficient (Wildman–Crippen LogP) is 15.3. The lowest BCUT2D eigenvalue weighted by Crippen LogP contribution is -2.02. The highest BCUT2D eigenvalue weighted by Crippen LogP contribution is 2.37. The highest BCUT2D eigenvalue weighted by molar-refractivity contribution is 5.84. The molecule has 0 saturated carbocycles. The maximum absolute atomic E-state index is 10.9. The zero-order chi connectivity index (χ0) is 44.9. The Kier molecular flexibility index (Phi) is 15.6. The third-order valence-electron chi connectivity index (χ3n) is 10.6. The first-order valence-electron chi connectivity index (χ1n) is 21.7. The second-order valence-corrected chi connectivity index (χ2v) is 16.6. The van der Waals surface area contributed by atoms with Crippen molar-refractivity contribution >= 4 is 23.9 Å². The Morgan fingerprint density at radius 2 is 0.778 bits per heavy atom. The molecule has 0 aliphatic rings. The van der Waals surface area contributed by atoms with Crippen molar-refractivity contribution in [2.45, 2.75) is 79.1 Å². The summed E-state index contributed by atoms with van der Waals surface area (Å²) in [5.74, 6) is 3.77. The number of nitrogens with two attached hydrogens (primary N) is 1. The smallest absolute Gasteiger partial charge is 0.260 e. The molecule has 0 aliphatic carbocycles. The van der Waals surface area contributed by atoms with Gasteiger partial charge in [-0.25, -0.2) is 9.97 Å². The van der Waals surface area contributed by atoms with Crippen molar-refractivity contribution in [2.75, 3.05) is 5.73 Å². The molecule has 8 rings (SSSR count). The van der Waals surface area contributed by atoms with Crippen LogP contribution in [0.3, 0.4) is 0 Å². The SMILES string of the molecule is CC(C)c1cccc(C(C)C)c1N.CC(C)c1cccc(C(C)C)c1N=Cc1nc(-c2ccccc2)c(-c2ccccc2)o1.O=Cc1nc(-c2ccccc2)c(-c2ccccc2)o1. The monoisotopic (exact) mass is 834 g/mol. The first-order chi connectivity index (χ1) is 30.5. The summed E-state index contributed by atoms with van der Waals surface area (Å²) in [4.78, 5) is 24.8. The van der Waals surface area contributed by atoms with Crippen molar-refractivity contribution in [3.8, 4) is 45.2 Å². The van der Waals surface area contributed by atoms with E-state index in [-0.39, 0.29) is 5.89 Å². The summed E-state index contributed by atoms with van der Waals surface area (Å²) < 4.78 is 11.7. The second-order valence-electron chi connectivity index (χ2n) is 16.6. The molecule has 6 aromatic carbocycles. The van der Waals surface area contributed by atoms with Crippen LogP contribution in [0.4, 0.5) is 11.4 Å². The number of oxazole rings is 2. The van der Waals surface area contributed by atoms with E-state index in [9.17, 15) is 4.79 Å². The van der Waals surface area contributed by atoms with Gasteiger partial charge in [-0.3, -0.25) is 9.79 Å². The number of rotatable bonds is 11. The van der Waals surface area contributed by atoms with Gasteiger partial charge in [-0.15, -0.1) is 0 Å². The van der Waals surface area contributed by atoms with Crippen LogP contribution in [-0.2, 0) is 0 Å². The van der Waals surface area contributed by atoms with Crippen LogP contribution in [0.25, 0.3) is 45.2 Å². The summed E-state index contributed by atoms with van der Waals surface area (Å²) in [6.07, 6.45) is 2.38. The van der Waals surface area contributed by atoms with Crippen LogP contribution in [0.2, 0.25) is 0 Å². The number of benzene rings is 6. The second kappa shape index (κ2) is 21.6. The molecule has 7 nitrogen and oxygen atoms in total. The van der Waals surface area contributed by atoms with Crippen LogP contribution in [0.5, 0.6) is 0 Å². The lowest BCUT2D eigenvalue weighted by molar-refractivity contribution is 0.109. The van der Waals surface area contributed by atoms with Crippen LogP contribution in [-0.4, -0.2) is 22.5 Å². The Bertz CT molecular complexity index is 2530. The Hall–Kier alpha value is -7.12. The largest absolute Gasteiger partial charge is 0.435 e. The van der Waals surface area contributed by atoms with Crippen LogP contribution in [0, 0.1) is 0 Å². The van der Waals surface area contributed by atoms with Crippen molar-refractivity contribution in [2.24, 2.45) is 4.99 Å². The predicted molar refractivity (Wildman–Crippen MR) is 261 cm³/mol. The number of anilines is 1. The topological polar surface area (TPSA) is 108 Å². The number of aromatic nitrogens is 2. The molecule has 0 spiro atoms. The van der Waals surface area contributed by atoms with E-state index >= 15 is 0 Å². The summed E-state index contributed by atoms with van der Waals surface area (Å²) in [7, 11) is 0. The Morgan fingerprint density at radius 1 is 0.444 bits per heavy atom. The number of para-hydroxylation sites is 2. The highest BCUT2D eigenvalue weighted by Gasteiger charge is 2.18. The number of carbonyl (C=O) groups is 1. The lowest BCUT2D eigenvalue weighted by atomic mass is 9.93. The van der Waals surface area contributed by atoms with Gasteiger partial charge in [-0.05, 0) is 45.9 Å². The Morgan fingerprint density at radius 3 is 1.14 bits per heavy atom. The van der Waals surface area contributed by atoms with Gasteiger partial charge < -0.3 is 14.6 Å². The van der Waals surface area contributed by atoms with Crippen molar-refractivity contribution in [1.29, 1.82) is 0 Å². The fraction of sp³-hybridized carbons (Fsp3) is 0.214. The third-order valence-corrected chi connectivity index (χ3v) is 10.6. The Balaban J connectivity index is 0.000000175. The quantitative estimate of drug-likeness (QED) is 0.0790. The summed E-state index contributed by atoms with van der Waals surface area (Å²) in [6.45, 7) is 17.5. The van der Waals surface area contributed by atoms with Gasteiger partial charge in [0.1, 0.15) is 11.4 Å². The van der Waals surface area contributed by atoms with Gasteiger partial charge >= 0.3 is 0 Å². The average molecular weight is 835 g/mol. The first kappa shape index (κ1) is 45.4. The minimum absolute atomic E-state index is 0.0951. The molecule has 2 heterocycles. The average Bonchev–Trinajstić information content (AvgIpc) is 3.95. The molecule has 63 heavy (non-hydrogen) atoms. The fourth-order valence-corrected chi connectivity index (χ4v) is 7.32. The summed E-state index contributed by atoms with van der Waals surface area (Å²) in [6, 6.07) is 52.3. The van der Waals surface area contributed by atoms with Crippen molar-refractivity contribution in [1.82, 2.24) is 9.97 Å². The molecule has 2 N–H and O–H groups in total. The molecular weight excluding hydrogens is 777 g/mol. The van der Waals surface area contributed by atoms with Gasteiger partial charge in [-0.1, -0.05) is 213 Å². The van der Waals surface area contributed by atoms with Crippen LogP contribution >= 0.6 is 0 Å². The van der Waals surface area contributed by atoms with E-state index in [0.29, 0.717) is 47.3 Å². The number of aliphatic imine (C=N–C) groups is 1. The third kappa shape index (κ3) is 11.4. The van der Waals surface area contributed by atoms with Crippen LogP contribution in [0.15, 0.2) is 172 Å². The molecule has 2 aromatic heterocycles. The fourth-order valence-electron chi connectivity index (χ4n) is 7.32. The number of hydrogen-bond acceptors (Lipinski definition) is 7. The molecule has 8 aromatic rings. The maximum Gasteiger partial charge on any atom is 0.260 e. The lowest BCUT2D eigenvalue weighted by Gasteiger charge is -2.15. The van der Waals surface area contributed by atoms with Crippen molar-refractivity contribution < 1.29 is 13.6 Å². The van der Waals surface area contributed by atoms with E-state index in [2.05, 4.69) is 109 Å². The zero-order valence-corrected chi connectivity index (χ0v) is 37.6. The molecule has 7 heteroatoms. The maximum atomic E-state index is 10.9. The standard InChI is InChI=1S/C28H28N2O.C16H11NO2.C12H19N/c1-19(2)23-16-11-17-24(20(3)4)27(23)29-18-25-30-26(21-12-7-5-8-13-21)28(31-25)22-14-9-6-10-15-22;18-11-14-17-15(12-7-3-1-4-8-12)16(19-14)13-9-5-2-6-10-13;1-8(2)10-6-5-7-11(9(3)4)12(10)13/h5-20H,1-4H3;1-11H;5-9H,13H2,1-4H3. The van der Waals surface area contributed by atoms with Gasteiger partial charge in [-0.2, -0.15) is 0 Å². The highest BCUT2D eigenvalue weighted by atomic mass is 16.4. The number of aldehydes is 1. The van der Waals surface area contributed by atoms with Gasteiger partial charge in [0.25, 0.3) is 5.89 Å². The van der Waals surface area contributed by atoms with E-state index in [0.717, 1.165) is 45.1 Å². The number of nitrogen functional groups attached to an aromatic ring is 1. The number of nitrogens with zero attached hydrogens (tertiary/aromatic N) is 3. The minimum Gasteiger partial charge on any atom is -0.435 e. The summed E-state index contributed by atoms with van der Waals surface area (Å²) in [5.41, 5.74) is 18.5. The van der Waals surface area contributed by atoms with E-state index in [4.69, 9.17) is 24.5 Å². The van der Waals surface area contributed by atoms with E-state index < -0.39 is 0 Å². The molecule has 0 bridgehead atoms. The first-order valence-corrected chi connectivity index (χ1v) is 21.7. The molecule has 320 valence electrons. The van der Waals surface area contributed by atoms with Crippen LogP contribution < -0.4 is 5.73 Å². The van der Waals surface area contributed by atoms with Gasteiger partial charge in [0.2, 0.25) is 12.2 Å². The molecule has 0 fully saturated rings. The summed E-state index contributed by atoms with van der Waals surface area (Å²) >= 11 is 0. The normalized spacial score (nSPS) is 11.2. The van der Waals surface area contributed by atoms with Gasteiger partial charge in [0.15, 0.2) is 11.5 Å². The van der Waals surface area contributed by atoms with Gasteiger partial charge in [0, 0.05) is 27.9 Å². The molecule has 0 atom stereocenters. The van der Waals surface area contributed by atoms with Crippen LogP contribution in [0.1, 0.15) is 118 Å². The molecule has 0 saturated heterocycles. The Labute approximate surface area is 372 Å². The summed E-state index contributed by atoms with van der Waals surface area (Å²) in [5, 5.41) is 0. The molecule has 0 aliphatic heterocycles. The molecule has 0 amide bonds. The molecule has 0 unspecified atom stereocenters. The zero-order valence-electron chi connectivity index (χ0n) is 37.6. The number of carbonyl (C=O) groups excluding carboxylic acids is 1. The molecular formula is C56H58N4O3. The minimum atomic E-state index is 0.0951.